The van der Waals surface area contributed by atoms with Crippen molar-refractivity contribution in [2.75, 3.05) is 34.5 Å². The number of hydrogen-bond acceptors (Lipinski definition) is 6. The van der Waals surface area contributed by atoms with Gasteiger partial charge in [0.1, 0.15) is 29.6 Å². The van der Waals surface area contributed by atoms with Crippen LogP contribution in [0.2, 0.25) is 0 Å². The molecule has 0 aromatic heterocycles. The zero-order chi connectivity index (χ0) is 22.2. The predicted molar refractivity (Wildman–Crippen MR) is 122 cm³/mol. The lowest BCUT2D eigenvalue weighted by Gasteiger charge is -2.13. The molecule has 2 aromatic rings. The first kappa shape index (κ1) is 22.6. The Balaban J connectivity index is 1.73. The van der Waals surface area contributed by atoms with E-state index in [0.29, 0.717) is 42.7 Å². The molecule has 3 rings (SSSR count). The number of carbonyl (C=O) groups excluding carboxylic acids is 1. The molecule has 0 unspecified atom stereocenters. The highest BCUT2D eigenvalue weighted by Gasteiger charge is 2.30. The number of benzene rings is 2. The van der Waals surface area contributed by atoms with Gasteiger partial charge in [-0.25, -0.2) is 0 Å². The summed E-state index contributed by atoms with van der Waals surface area (Å²) in [6, 6.07) is 13.0. The van der Waals surface area contributed by atoms with Crippen molar-refractivity contribution < 1.29 is 23.7 Å². The fourth-order valence-electron chi connectivity index (χ4n) is 3.14. The molecule has 1 aliphatic heterocycles. The van der Waals surface area contributed by atoms with Gasteiger partial charge in [-0.2, -0.15) is 0 Å². The van der Waals surface area contributed by atoms with Gasteiger partial charge in [-0.05, 0) is 66.7 Å². The van der Waals surface area contributed by atoms with Gasteiger partial charge in [0.05, 0.1) is 14.2 Å². The summed E-state index contributed by atoms with van der Waals surface area (Å²) in [5.74, 6) is 2.05. The van der Waals surface area contributed by atoms with Crippen LogP contribution < -0.4 is 19.5 Å². The van der Waals surface area contributed by atoms with E-state index in [1.807, 2.05) is 42.5 Å². The van der Waals surface area contributed by atoms with E-state index in [2.05, 4.69) is 5.32 Å². The van der Waals surface area contributed by atoms with Crippen LogP contribution in [0, 0.1) is 0 Å². The minimum atomic E-state index is -0.145. The van der Waals surface area contributed by atoms with Crippen molar-refractivity contribution in [1.82, 2.24) is 10.2 Å². The molecule has 1 aliphatic rings. The second-order valence-electron chi connectivity index (χ2n) is 6.83. The third kappa shape index (κ3) is 5.74. The molecule has 1 N–H and O–H groups in total. The first-order chi connectivity index (χ1) is 15.0. The van der Waals surface area contributed by atoms with Crippen LogP contribution in [0.3, 0.4) is 0 Å². The predicted octanol–water partition coefficient (Wildman–Crippen LogP) is 3.38. The first-order valence-corrected chi connectivity index (χ1v) is 10.2. The summed E-state index contributed by atoms with van der Waals surface area (Å²) in [5.41, 5.74) is 2.14. The van der Waals surface area contributed by atoms with Crippen molar-refractivity contribution in [2.24, 2.45) is 0 Å². The normalized spacial score (nSPS) is 14.7. The third-order valence-corrected chi connectivity index (χ3v) is 5.08. The number of amides is 1. The average Bonchev–Trinajstić information content (AvgIpc) is 3.05. The molecule has 0 radical (unpaired) electrons. The summed E-state index contributed by atoms with van der Waals surface area (Å²) in [5, 5.41) is 3.41. The minimum absolute atomic E-state index is 0.145. The largest absolute Gasteiger partial charge is 0.497 e. The van der Waals surface area contributed by atoms with Gasteiger partial charge in [-0.3, -0.25) is 9.69 Å². The highest BCUT2D eigenvalue weighted by atomic mass is 32.1. The number of rotatable bonds is 10. The lowest BCUT2D eigenvalue weighted by Crippen LogP contribution is -2.32. The summed E-state index contributed by atoms with van der Waals surface area (Å²) < 4.78 is 21.6. The van der Waals surface area contributed by atoms with E-state index in [1.165, 1.54) is 0 Å². The molecule has 0 saturated carbocycles. The monoisotopic (exact) mass is 442 g/mol. The standard InChI is InChI=1S/C23H26N2O5S/c1-27-12-4-11-25-22(26)20(24-23(25)31)14-16-5-10-21(29-3)17(13-16)15-30-19-8-6-18(28-2)7-9-19/h5-10,13-14H,4,11-12,15H2,1-3H3,(H,24,31)/b20-14+. The van der Waals surface area contributed by atoms with E-state index in [4.69, 9.17) is 31.2 Å². The van der Waals surface area contributed by atoms with Crippen LogP contribution in [0.15, 0.2) is 48.2 Å². The molecule has 0 spiro atoms. The molecule has 0 bridgehead atoms. The average molecular weight is 443 g/mol. The number of thiocarbonyl (C=S) groups is 1. The molecule has 1 saturated heterocycles. The summed E-state index contributed by atoms with van der Waals surface area (Å²) >= 11 is 5.30. The van der Waals surface area contributed by atoms with Crippen LogP contribution >= 0.6 is 12.2 Å². The number of nitrogens with one attached hydrogen (secondary N) is 1. The second kappa shape index (κ2) is 10.8. The van der Waals surface area contributed by atoms with Crippen molar-refractivity contribution in [3.05, 3.63) is 59.3 Å². The van der Waals surface area contributed by atoms with Crippen LogP contribution in [0.4, 0.5) is 0 Å². The maximum absolute atomic E-state index is 12.7. The maximum Gasteiger partial charge on any atom is 0.276 e. The summed E-state index contributed by atoms with van der Waals surface area (Å²) in [6.45, 7) is 1.40. The minimum Gasteiger partial charge on any atom is -0.497 e. The molecule has 1 fully saturated rings. The summed E-state index contributed by atoms with van der Waals surface area (Å²) in [6.07, 6.45) is 2.49. The highest BCUT2D eigenvalue weighted by molar-refractivity contribution is 7.80. The molecule has 1 amide bonds. The fourth-order valence-corrected chi connectivity index (χ4v) is 3.43. The van der Waals surface area contributed by atoms with Gasteiger partial charge < -0.3 is 24.3 Å². The Hall–Kier alpha value is -3.10. The van der Waals surface area contributed by atoms with Crippen molar-refractivity contribution >= 4 is 29.3 Å². The third-order valence-electron chi connectivity index (χ3n) is 4.76. The molecule has 1 heterocycles. The van der Waals surface area contributed by atoms with Gasteiger partial charge >= 0.3 is 0 Å². The van der Waals surface area contributed by atoms with Gasteiger partial charge in [0.2, 0.25) is 0 Å². The van der Waals surface area contributed by atoms with Crippen molar-refractivity contribution in [2.45, 2.75) is 13.0 Å². The molecular formula is C23H26N2O5S. The lowest BCUT2D eigenvalue weighted by atomic mass is 10.1. The molecule has 164 valence electrons. The Morgan fingerprint density at radius 1 is 1.03 bits per heavy atom. The summed E-state index contributed by atoms with van der Waals surface area (Å²) in [7, 11) is 4.87. The van der Waals surface area contributed by atoms with Crippen LogP contribution in [-0.2, 0) is 16.1 Å². The Morgan fingerprint density at radius 3 is 2.45 bits per heavy atom. The zero-order valence-corrected chi connectivity index (χ0v) is 18.7. The molecule has 0 atom stereocenters. The quantitative estimate of drug-likeness (QED) is 0.344. The Bertz CT molecular complexity index is 959. The molecular weight excluding hydrogens is 416 g/mol. The van der Waals surface area contributed by atoms with E-state index in [1.54, 1.807) is 32.3 Å². The SMILES string of the molecule is COCCCN1C(=O)/C(=C\c2ccc(OC)c(COc3ccc(OC)cc3)c2)NC1=S. The van der Waals surface area contributed by atoms with Crippen molar-refractivity contribution in [1.29, 1.82) is 0 Å². The second-order valence-corrected chi connectivity index (χ2v) is 7.21. The van der Waals surface area contributed by atoms with Gasteiger partial charge in [0.15, 0.2) is 5.11 Å². The molecule has 31 heavy (non-hydrogen) atoms. The number of carbonyl (C=O) groups is 1. The molecule has 2 aromatic carbocycles. The van der Waals surface area contributed by atoms with E-state index < -0.39 is 0 Å². The Kier molecular flexibility index (Phi) is 7.86. The highest BCUT2D eigenvalue weighted by Crippen LogP contribution is 2.25. The fraction of sp³-hybridized carbons (Fsp3) is 0.304. The van der Waals surface area contributed by atoms with Gasteiger partial charge in [0, 0.05) is 25.8 Å². The maximum atomic E-state index is 12.7. The van der Waals surface area contributed by atoms with E-state index in [0.717, 1.165) is 22.6 Å². The Labute approximate surface area is 187 Å². The number of ether oxygens (including phenoxy) is 4. The summed E-state index contributed by atoms with van der Waals surface area (Å²) in [4.78, 5) is 14.2. The Morgan fingerprint density at radius 2 is 1.77 bits per heavy atom. The van der Waals surface area contributed by atoms with Gasteiger partial charge in [-0.1, -0.05) is 6.07 Å². The topological polar surface area (TPSA) is 69.3 Å². The smallest absolute Gasteiger partial charge is 0.276 e. The van der Waals surface area contributed by atoms with E-state index in [9.17, 15) is 4.79 Å². The molecule has 7 nitrogen and oxygen atoms in total. The van der Waals surface area contributed by atoms with Gasteiger partial charge in [0.25, 0.3) is 5.91 Å². The van der Waals surface area contributed by atoms with Crippen molar-refractivity contribution in [3.63, 3.8) is 0 Å². The van der Waals surface area contributed by atoms with Crippen LogP contribution in [0.5, 0.6) is 17.2 Å². The number of nitrogens with zero attached hydrogens (tertiary/aromatic N) is 1. The van der Waals surface area contributed by atoms with Crippen LogP contribution in [-0.4, -0.2) is 50.4 Å². The molecule has 8 heteroatoms. The van der Waals surface area contributed by atoms with Crippen molar-refractivity contribution in [3.8, 4) is 17.2 Å². The zero-order valence-electron chi connectivity index (χ0n) is 17.8. The molecule has 0 aliphatic carbocycles. The van der Waals surface area contributed by atoms with Crippen LogP contribution in [0.1, 0.15) is 17.5 Å². The van der Waals surface area contributed by atoms with Gasteiger partial charge in [-0.15, -0.1) is 0 Å². The van der Waals surface area contributed by atoms with Crippen LogP contribution in [0.25, 0.3) is 6.08 Å². The van der Waals surface area contributed by atoms with E-state index >= 15 is 0 Å². The van der Waals surface area contributed by atoms with E-state index in [-0.39, 0.29) is 5.91 Å². The lowest BCUT2D eigenvalue weighted by molar-refractivity contribution is -0.122. The number of methoxy groups -OCH3 is 3. The number of hydrogen-bond donors (Lipinski definition) is 1. The first-order valence-electron chi connectivity index (χ1n) is 9.83.